The van der Waals surface area contributed by atoms with Crippen molar-refractivity contribution in [2.75, 3.05) is 0 Å². The van der Waals surface area contributed by atoms with Crippen molar-refractivity contribution in [3.63, 3.8) is 0 Å². The number of hydrogen-bond donors (Lipinski definition) is 0. The average Bonchev–Trinajstić information content (AvgIpc) is 2.35. The molecule has 0 saturated carbocycles. The molecule has 1 aliphatic rings. The lowest BCUT2D eigenvalue weighted by atomic mass is 10.2. The summed E-state index contributed by atoms with van der Waals surface area (Å²) >= 11 is 0. The molecule has 0 fully saturated rings. The molecule has 0 saturated heterocycles. The van der Waals surface area contributed by atoms with Crippen LogP contribution < -0.4 is 0 Å². The predicted molar refractivity (Wildman–Crippen MR) is 43.1 cm³/mol. The highest BCUT2D eigenvalue weighted by atomic mass is 16.5. The van der Waals surface area contributed by atoms with E-state index in [4.69, 9.17) is 4.74 Å². The summed E-state index contributed by atoms with van der Waals surface area (Å²) in [6.07, 6.45) is 6.30. The van der Waals surface area contributed by atoms with Crippen molar-refractivity contribution in [1.29, 1.82) is 0 Å². The molecule has 0 N–H and O–H groups in total. The molecular formula is C9H12O2. The van der Waals surface area contributed by atoms with Crippen LogP contribution in [0.25, 0.3) is 0 Å². The highest BCUT2D eigenvalue weighted by Crippen LogP contribution is 2.12. The van der Waals surface area contributed by atoms with Gasteiger partial charge >= 0.3 is 5.97 Å². The van der Waals surface area contributed by atoms with E-state index in [1.54, 1.807) is 6.08 Å². The van der Waals surface area contributed by atoms with Gasteiger partial charge in [0.25, 0.3) is 0 Å². The molecule has 0 aromatic carbocycles. The topological polar surface area (TPSA) is 26.3 Å². The van der Waals surface area contributed by atoms with Crippen LogP contribution in [0.3, 0.4) is 0 Å². The Kier molecular flexibility index (Phi) is 2.47. The number of ether oxygens (including phenoxy) is 1. The van der Waals surface area contributed by atoms with Crippen LogP contribution in [0, 0.1) is 0 Å². The van der Waals surface area contributed by atoms with Crippen LogP contribution in [-0.4, -0.2) is 12.1 Å². The van der Waals surface area contributed by atoms with Crippen molar-refractivity contribution in [2.24, 2.45) is 0 Å². The van der Waals surface area contributed by atoms with Crippen LogP contribution in [0.2, 0.25) is 0 Å². The summed E-state index contributed by atoms with van der Waals surface area (Å²) < 4.78 is 4.99. The van der Waals surface area contributed by atoms with Crippen molar-refractivity contribution in [3.05, 3.63) is 23.8 Å². The molecule has 0 heterocycles. The first-order valence-corrected chi connectivity index (χ1v) is 3.77. The van der Waals surface area contributed by atoms with Crippen LogP contribution in [0.1, 0.15) is 20.3 Å². The van der Waals surface area contributed by atoms with Gasteiger partial charge in [-0.15, -0.1) is 0 Å². The quantitative estimate of drug-likeness (QED) is 0.564. The Bertz CT molecular complexity index is 212. The normalized spacial score (nSPS) is 15.4. The van der Waals surface area contributed by atoms with Gasteiger partial charge in [0, 0.05) is 5.57 Å². The number of rotatable bonds is 2. The van der Waals surface area contributed by atoms with E-state index in [1.165, 1.54) is 0 Å². The number of hydrogen-bond acceptors (Lipinski definition) is 2. The fourth-order valence-electron chi connectivity index (χ4n) is 0.888. The molecule has 0 aromatic heterocycles. The zero-order valence-electron chi connectivity index (χ0n) is 6.83. The Labute approximate surface area is 66.5 Å². The van der Waals surface area contributed by atoms with Crippen molar-refractivity contribution in [2.45, 2.75) is 26.4 Å². The molecule has 0 unspecified atom stereocenters. The van der Waals surface area contributed by atoms with Crippen LogP contribution in [0.15, 0.2) is 23.8 Å². The molecular weight excluding hydrogens is 140 g/mol. The largest absolute Gasteiger partial charge is 0.460 e. The summed E-state index contributed by atoms with van der Waals surface area (Å²) in [7, 11) is 0. The number of carbonyl (C=O) groups is 1. The highest BCUT2D eigenvalue weighted by Gasteiger charge is 2.12. The fourth-order valence-corrected chi connectivity index (χ4v) is 0.888. The summed E-state index contributed by atoms with van der Waals surface area (Å²) in [4.78, 5) is 11.1. The van der Waals surface area contributed by atoms with Gasteiger partial charge in [-0.05, 0) is 20.3 Å². The second-order valence-corrected chi connectivity index (χ2v) is 2.78. The van der Waals surface area contributed by atoms with E-state index in [1.807, 2.05) is 26.0 Å². The minimum absolute atomic E-state index is 0.0241. The van der Waals surface area contributed by atoms with Gasteiger partial charge in [-0.2, -0.15) is 0 Å². The van der Waals surface area contributed by atoms with Crippen molar-refractivity contribution in [1.82, 2.24) is 0 Å². The van der Waals surface area contributed by atoms with E-state index >= 15 is 0 Å². The van der Waals surface area contributed by atoms with Gasteiger partial charge < -0.3 is 4.74 Å². The molecule has 0 radical (unpaired) electrons. The lowest BCUT2D eigenvalue weighted by Crippen LogP contribution is -2.12. The molecule has 60 valence electrons. The zero-order valence-corrected chi connectivity index (χ0v) is 6.83. The molecule has 1 aliphatic carbocycles. The van der Waals surface area contributed by atoms with E-state index in [0.29, 0.717) is 6.42 Å². The Morgan fingerprint density at radius 1 is 1.64 bits per heavy atom. The molecule has 0 bridgehead atoms. The summed E-state index contributed by atoms with van der Waals surface area (Å²) in [6, 6.07) is 0. The third kappa shape index (κ3) is 2.22. The standard InChI is InChI=1S/C9H12O2/c1-7(2)11-9(10)8-5-3-4-6-8/h3-5,7H,6H2,1-2H3. The lowest BCUT2D eigenvalue weighted by molar-refractivity contribution is -0.142. The van der Waals surface area contributed by atoms with Crippen LogP contribution >= 0.6 is 0 Å². The van der Waals surface area contributed by atoms with Gasteiger partial charge in [-0.1, -0.05) is 18.2 Å². The first-order valence-electron chi connectivity index (χ1n) is 3.77. The minimum atomic E-state index is -0.190. The van der Waals surface area contributed by atoms with Gasteiger partial charge in [-0.25, -0.2) is 4.79 Å². The Morgan fingerprint density at radius 3 is 2.82 bits per heavy atom. The maximum Gasteiger partial charge on any atom is 0.334 e. The van der Waals surface area contributed by atoms with Crippen molar-refractivity contribution < 1.29 is 9.53 Å². The molecule has 2 heteroatoms. The lowest BCUT2D eigenvalue weighted by Gasteiger charge is -2.07. The third-order valence-corrected chi connectivity index (χ3v) is 1.38. The second-order valence-electron chi connectivity index (χ2n) is 2.78. The summed E-state index contributed by atoms with van der Waals surface area (Å²) in [6.45, 7) is 3.70. The first kappa shape index (κ1) is 8.05. The zero-order chi connectivity index (χ0) is 8.27. The van der Waals surface area contributed by atoms with E-state index in [2.05, 4.69) is 0 Å². The first-order chi connectivity index (χ1) is 5.20. The third-order valence-electron chi connectivity index (χ3n) is 1.38. The van der Waals surface area contributed by atoms with Gasteiger partial charge in [0.05, 0.1) is 6.10 Å². The molecule has 0 spiro atoms. The van der Waals surface area contributed by atoms with Crippen molar-refractivity contribution in [3.8, 4) is 0 Å². The SMILES string of the molecule is CC(C)OC(=O)C1=CC=CC1. The second kappa shape index (κ2) is 3.37. The molecule has 0 aliphatic heterocycles. The van der Waals surface area contributed by atoms with Gasteiger partial charge in [-0.3, -0.25) is 0 Å². The van der Waals surface area contributed by atoms with Gasteiger partial charge in [0.2, 0.25) is 0 Å². The van der Waals surface area contributed by atoms with Crippen LogP contribution in [-0.2, 0) is 9.53 Å². The Balaban J connectivity index is 2.43. The van der Waals surface area contributed by atoms with E-state index < -0.39 is 0 Å². The maximum absolute atomic E-state index is 11.1. The summed E-state index contributed by atoms with van der Waals surface area (Å²) in [5, 5.41) is 0. The predicted octanol–water partition coefficient (Wildman–Crippen LogP) is 1.82. The van der Waals surface area contributed by atoms with E-state index in [0.717, 1.165) is 5.57 Å². The smallest absolute Gasteiger partial charge is 0.334 e. The average molecular weight is 152 g/mol. The number of esters is 1. The van der Waals surface area contributed by atoms with Gasteiger partial charge in [0.1, 0.15) is 0 Å². The molecule has 2 nitrogen and oxygen atoms in total. The maximum atomic E-state index is 11.1. The van der Waals surface area contributed by atoms with Crippen LogP contribution in [0.4, 0.5) is 0 Å². The molecule has 11 heavy (non-hydrogen) atoms. The molecule has 0 atom stereocenters. The monoisotopic (exact) mass is 152 g/mol. The van der Waals surface area contributed by atoms with Crippen molar-refractivity contribution >= 4 is 5.97 Å². The summed E-state index contributed by atoms with van der Waals surface area (Å²) in [5.41, 5.74) is 0.749. The molecule has 0 aromatic rings. The van der Waals surface area contributed by atoms with E-state index in [-0.39, 0.29) is 12.1 Å². The molecule has 1 rings (SSSR count). The summed E-state index contributed by atoms with van der Waals surface area (Å²) in [5.74, 6) is -0.190. The minimum Gasteiger partial charge on any atom is -0.460 e. The fraction of sp³-hybridized carbons (Fsp3) is 0.444. The Morgan fingerprint density at radius 2 is 2.36 bits per heavy atom. The number of carbonyl (C=O) groups excluding carboxylic acids is 1. The molecule has 0 amide bonds. The van der Waals surface area contributed by atoms with E-state index in [9.17, 15) is 4.79 Å². The van der Waals surface area contributed by atoms with Gasteiger partial charge in [0.15, 0.2) is 0 Å². The van der Waals surface area contributed by atoms with Crippen LogP contribution in [0.5, 0.6) is 0 Å². The number of allylic oxidation sites excluding steroid dienone is 3. The highest BCUT2D eigenvalue weighted by molar-refractivity contribution is 5.89. The Hall–Kier alpha value is -1.05.